The highest BCUT2D eigenvalue weighted by atomic mass is 32.2. The molecule has 0 spiro atoms. The van der Waals surface area contributed by atoms with E-state index < -0.39 is 40.2 Å². The van der Waals surface area contributed by atoms with E-state index in [0.29, 0.717) is 0 Å². The molecular formula is C18H17F3N2O5S. The Morgan fingerprint density at radius 2 is 1.55 bits per heavy atom. The lowest BCUT2D eigenvalue weighted by Crippen LogP contribution is -2.22. The summed E-state index contributed by atoms with van der Waals surface area (Å²) in [7, 11) is -0.836. The first-order valence-corrected chi connectivity index (χ1v) is 9.52. The fourth-order valence-corrected chi connectivity index (χ4v) is 3.03. The number of benzene rings is 2. The minimum Gasteiger partial charge on any atom is -0.452 e. The van der Waals surface area contributed by atoms with Crippen LogP contribution in [0.15, 0.2) is 53.4 Å². The van der Waals surface area contributed by atoms with Crippen molar-refractivity contribution in [3.63, 3.8) is 0 Å². The molecule has 0 aromatic heterocycles. The summed E-state index contributed by atoms with van der Waals surface area (Å²) in [6.45, 7) is -0.669. The van der Waals surface area contributed by atoms with Crippen molar-refractivity contribution in [2.24, 2.45) is 0 Å². The SMILES string of the molecule is CN(C)S(=O)(=O)c1ccc(NC(=O)COC(=O)c2ccc(C(F)(F)F)cc2)cc1. The zero-order valence-electron chi connectivity index (χ0n) is 15.4. The number of hydrogen-bond acceptors (Lipinski definition) is 5. The van der Waals surface area contributed by atoms with Gasteiger partial charge in [-0.3, -0.25) is 4.79 Å². The summed E-state index contributed by atoms with van der Waals surface area (Å²) in [4.78, 5) is 23.7. The second-order valence-electron chi connectivity index (χ2n) is 6.01. The number of ether oxygens (including phenoxy) is 1. The van der Waals surface area contributed by atoms with E-state index in [1.807, 2.05) is 0 Å². The predicted molar refractivity (Wildman–Crippen MR) is 97.7 cm³/mol. The van der Waals surface area contributed by atoms with E-state index in [1.165, 1.54) is 38.4 Å². The van der Waals surface area contributed by atoms with E-state index in [4.69, 9.17) is 4.74 Å². The number of halogens is 3. The number of esters is 1. The Kier molecular flexibility index (Phi) is 6.65. The molecule has 0 radical (unpaired) electrons. The Hall–Kier alpha value is -2.92. The molecule has 0 fully saturated rings. The number of anilines is 1. The highest BCUT2D eigenvalue weighted by Gasteiger charge is 2.30. The third-order valence-electron chi connectivity index (χ3n) is 3.70. The van der Waals surface area contributed by atoms with Crippen LogP contribution in [0, 0.1) is 0 Å². The van der Waals surface area contributed by atoms with Crippen LogP contribution < -0.4 is 5.32 Å². The summed E-state index contributed by atoms with van der Waals surface area (Å²) in [5.74, 6) is -1.66. The molecule has 11 heteroatoms. The van der Waals surface area contributed by atoms with Gasteiger partial charge in [-0.2, -0.15) is 13.2 Å². The number of carbonyl (C=O) groups excluding carboxylic acids is 2. The van der Waals surface area contributed by atoms with Crippen molar-refractivity contribution < 1.29 is 35.9 Å². The Bertz CT molecular complexity index is 986. The zero-order chi connectivity index (χ0) is 21.8. The number of hydrogen-bond donors (Lipinski definition) is 1. The quantitative estimate of drug-likeness (QED) is 0.712. The fourth-order valence-electron chi connectivity index (χ4n) is 2.13. The summed E-state index contributed by atoms with van der Waals surface area (Å²) >= 11 is 0. The van der Waals surface area contributed by atoms with Gasteiger partial charge in [0.2, 0.25) is 10.0 Å². The smallest absolute Gasteiger partial charge is 0.416 e. The molecule has 7 nitrogen and oxygen atoms in total. The van der Waals surface area contributed by atoms with Crippen LogP contribution in [0.25, 0.3) is 0 Å². The number of nitrogens with one attached hydrogen (secondary N) is 1. The van der Waals surface area contributed by atoms with E-state index in [0.717, 1.165) is 28.6 Å². The van der Waals surface area contributed by atoms with Crippen LogP contribution in [-0.2, 0) is 25.7 Å². The summed E-state index contributed by atoms with van der Waals surface area (Å²) in [6, 6.07) is 8.72. The molecule has 2 rings (SSSR count). The summed E-state index contributed by atoms with van der Waals surface area (Å²) in [6.07, 6.45) is -4.52. The van der Waals surface area contributed by atoms with Crippen molar-refractivity contribution >= 4 is 27.6 Å². The molecule has 1 N–H and O–H groups in total. The average Bonchev–Trinajstić information content (AvgIpc) is 2.66. The van der Waals surface area contributed by atoms with E-state index in [-0.39, 0.29) is 16.1 Å². The predicted octanol–water partition coefficient (Wildman–Crippen LogP) is 2.75. The maximum absolute atomic E-state index is 12.5. The summed E-state index contributed by atoms with van der Waals surface area (Å²) in [5, 5.41) is 2.41. The maximum Gasteiger partial charge on any atom is 0.416 e. The molecule has 0 aliphatic carbocycles. The van der Waals surface area contributed by atoms with E-state index in [1.54, 1.807) is 0 Å². The lowest BCUT2D eigenvalue weighted by molar-refractivity contribution is -0.137. The number of nitrogens with zero attached hydrogens (tertiary/aromatic N) is 1. The normalized spacial score (nSPS) is 11.9. The molecular weight excluding hydrogens is 413 g/mol. The number of sulfonamides is 1. The van der Waals surface area contributed by atoms with Gasteiger partial charge in [-0.1, -0.05) is 0 Å². The highest BCUT2D eigenvalue weighted by molar-refractivity contribution is 7.89. The molecule has 2 aromatic carbocycles. The molecule has 0 aliphatic rings. The van der Waals surface area contributed by atoms with Crippen LogP contribution in [0.3, 0.4) is 0 Å². The van der Waals surface area contributed by atoms with Crippen LogP contribution in [-0.4, -0.2) is 45.3 Å². The molecule has 2 aromatic rings. The van der Waals surface area contributed by atoms with Gasteiger partial charge >= 0.3 is 12.1 Å². The first kappa shape index (κ1) is 22.4. The largest absolute Gasteiger partial charge is 0.452 e. The molecule has 0 saturated carbocycles. The third-order valence-corrected chi connectivity index (χ3v) is 5.53. The van der Waals surface area contributed by atoms with Gasteiger partial charge in [0.25, 0.3) is 5.91 Å². The second-order valence-corrected chi connectivity index (χ2v) is 8.16. The topological polar surface area (TPSA) is 92.8 Å². The monoisotopic (exact) mass is 430 g/mol. The van der Waals surface area contributed by atoms with Crippen molar-refractivity contribution in [3.05, 3.63) is 59.7 Å². The number of carbonyl (C=O) groups is 2. The van der Waals surface area contributed by atoms with Gasteiger partial charge in [-0.25, -0.2) is 17.5 Å². The molecule has 0 aliphatic heterocycles. The van der Waals surface area contributed by atoms with Crippen molar-refractivity contribution in [1.82, 2.24) is 4.31 Å². The first-order chi connectivity index (χ1) is 13.4. The Balaban J connectivity index is 1.92. The van der Waals surface area contributed by atoms with Gasteiger partial charge in [-0.05, 0) is 48.5 Å². The van der Waals surface area contributed by atoms with Gasteiger partial charge in [0.1, 0.15) is 0 Å². The molecule has 0 unspecified atom stereocenters. The molecule has 0 bridgehead atoms. The van der Waals surface area contributed by atoms with Crippen LogP contribution in [0.2, 0.25) is 0 Å². The fraction of sp³-hybridized carbons (Fsp3) is 0.222. The number of rotatable bonds is 6. The highest BCUT2D eigenvalue weighted by Crippen LogP contribution is 2.29. The lowest BCUT2D eigenvalue weighted by Gasteiger charge is -2.12. The molecule has 29 heavy (non-hydrogen) atoms. The van der Waals surface area contributed by atoms with Crippen molar-refractivity contribution in [3.8, 4) is 0 Å². The molecule has 0 saturated heterocycles. The molecule has 0 atom stereocenters. The standard InChI is InChI=1S/C18H17F3N2O5S/c1-23(2)29(26,27)15-9-7-14(8-10-15)22-16(24)11-28-17(25)12-3-5-13(6-4-12)18(19,20)21/h3-10H,11H2,1-2H3,(H,22,24). The van der Waals surface area contributed by atoms with Crippen molar-refractivity contribution in [2.75, 3.05) is 26.0 Å². The zero-order valence-corrected chi connectivity index (χ0v) is 16.2. The van der Waals surface area contributed by atoms with Crippen LogP contribution in [0.5, 0.6) is 0 Å². The molecule has 1 amide bonds. The Morgan fingerprint density at radius 3 is 2.03 bits per heavy atom. The Labute approximate surface area is 165 Å². The van der Waals surface area contributed by atoms with Crippen LogP contribution >= 0.6 is 0 Å². The first-order valence-electron chi connectivity index (χ1n) is 8.08. The molecule has 0 heterocycles. The van der Waals surface area contributed by atoms with E-state index >= 15 is 0 Å². The van der Waals surface area contributed by atoms with E-state index in [9.17, 15) is 31.2 Å². The van der Waals surface area contributed by atoms with Gasteiger partial charge < -0.3 is 10.1 Å². The van der Waals surface area contributed by atoms with Crippen LogP contribution in [0.1, 0.15) is 15.9 Å². The summed E-state index contributed by atoms with van der Waals surface area (Å²) < 4.78 is 67.3. The van der Waals surface area contributed by atoms with Gasteiger partial charge in [-0.15, -0.1) is 0 Å². The molecule has 156 valence electrons. The van der Waals surface area contributed by atoms with Crippen molar-refractivity contribution in [1.29, 1.82) is 0 Å². The number of amides is 1. The van der Waals surface area contributed by atoms with Gasteiger partial charge in [0, 0.05) is 19.8 Å². The minimum atomic E-state index is -4.52. The van der Waals surface area contributed by atoms with Crippen LogP contribution in [0.4, 0.5) is 18.9 Å². The van der Waals surface area contributed by atoms with E-state index in [2.05, 4.69) is 5.32 Å². The lowest BCUT2D eigenvalue weighted by atomic mass is 10.1. The Morgan fingerprint density at radius 1 is 1.00 bits per heavy atom. The third kappa shape index (κ3) is 5.78. The summed E-state index contributed by atoms with van der Waals surface area (Å²) in [5.41, 5.74) is -0.770. The average molecular weight is 430 g/mol. The number of alkyl halides is 3. The maximum atomic E-state index is 12.5. The van der Waals surface area contributed by atoms with Gasteiger partial charge in [0.05, 0.1) is 16.0 Å². The van der Waals surface area contributed by atoms with Crippen molar-refractivity contribution in [2.45, 2.75) is 11.1 Å². The second kappa shape index (κ2) is 8.62. The minimum absolute atomic E-state index is 0.0363. The van der Waals surface area contributed by atoms with Gasteiger partial charge in [0.15, 0.2) is 6.61 Å².